The van der Waals surface area contributed by atoms with Gasteiger partial charge in [-0.25, -0.2) is 9.59 Å². The smallest absolute Gasteiger partial charge is 0.404 e. The van der Waals surface area contributed by atoms with Gasteiger partial charge in [0.25, 0.3) is 5.91 Å². The molecule has 1 aliphatic carbocycles. The van der Waals surface area contributed by atoms with E-state index < -0.39 is 53.3 Å². The third kappa shape index (κ3) is 18.0. The molecule has 4 atom stereocenters. The van der Waals surface area contributed by atoms with Crippen LogP contribution in [0.3, 0.4) is 0 Å². The van der Waals surface area contributed by atoms with Gasteiger partial charge in [0.15, 0.2) is 0 Å². The van der Waals surface area contributed by atoms with Crippen LogP contribution in [0.25, 0.3) is 0 Å². The van der Waals surface area contributed by atoms with Gasteiger partial charge in [0.2, 0.25) is 17.6 Å². The SMILES string of the molecule is C#CCCC(NC(=O)C1CCCN1C(=O)C(NC(=O)NC(CN(CO)CCC(C)(CC)CC)C(C)(C)C)C1(C)CCCCC1)C(=O)C(=O)NCC=C.O=C(O)NCc1ccccc1. The van der Waals surface area contributed by atoms with Crippen molar-refractivity contribution < 1.29 is 39.0 Å². The molecule has 1 saturated heterocycles. The number of nitrogens with one attached hydrogen (secondary N) is 5. The van der Waals surface area contributed by atoms with Gasteiger partial charge in [0, 0.05) is 45.2 Å². The Morgan fingerprint density at radius 2 is 1.63 bits per heavy atom. The van der Waals surface area contributed by atoms with Gasteiger partial charge in [-0.1, -0.05) is 117 Å². The van der Waals surface area contributed by atoms with Crippen LogP contribution in [-0.2, 0) is 25.7 Å². The number of urea groups is 1. The van der Waals surface area contributed by atoms with Crippen LogP contribution >= 0.6 is 0 Å². The first-order chi connectivity index (χ1) is 29.8. The number of ketones is 1. The van der Waals surface area contributed by atoms with Crippen molar-refractivity contribution in [2.24, 2.45) is 16.2 Å². The number of nitrogens with zero attached hydrogens (tertiary/aromatic N) is 2. The van der Waals surface area contributed by atoms with Crippen molar-refractivity contribution >= 4 is 35.6 Å². The molecule has 1 aromatic carbocycles. The molecule has 63 heavy (non-hydrogen) atoms. The Labute approximate surface area is 376 Å². The van der Waals surface area contributed by atoms with E-state index in [-0.39, 0.29) is 48.9 Å². The van der Waals surface area contributed by atoms with Crippen molar-refractivity contribution in [2.75, 3.05) is 32.9 Å². The van der Waals surface area contributed by atoms with Gasteiger partial charge in [-0.2, -0.15) is 0 Å². The number of amides is 6. The number of hydrogen-bond donors (Lipinski definition) is 7. The van der Waals surface area contributed by atoms with E-state index >= 15 is 0 Å². The molecule has 2 fully saturated rings. The number of hydrogen-bond acceptors (Lipinski definition) is 8. The van der Waals surface area contributed by atoms with Crippen LogP contribution in [0.2, 0.25) is 0 Å². The first-order valence-electron chi connectivity index (χ1n) is 22.7. The van der Waals surface area contributed by atoms with Gasteiger partial charge >= 0.3 is 12.1 Å². The summed E-state index contributed by atoms with van der Waals surface area (Å²) >= 11 is 0. The monoisotopic (exact) mass is 880 g/mol. The number of aliphatic hydroxyl groups excluding tert-OH is 1. The number of terminal acetylenes is 1. The molecule has 3 rings (SSSR count). The molecule has 15 heteroatoms. The van der Waals surface area contributed by atoms with Crippen LogP contribution in [0.4, 0.5) is 9.59 Å². The van der Waals surface area contributed by atoms with E-state index in [4.69, 9.17) is 11.5 Å². The van der Waals surface area contributed by atoms with Gasteiger partial charge in [0.1, 0.15) is 12.1 Å². The minimum atomic E-state index is -1.15. The predicted octanol–water partition coefficient (Wildman–Crippen LogP) is 5.72. The Morgan fingerprint density at radius 3 is 2.19 bits per heavy atom. The molecule has 0 radical (unpaired) electrons. The molecule has 1 aromatic rings. The fraction of sp³-hybridized carbons (Fsp3) is 0.667. The van der Waals surface area contributed by atoms with E-state index in [1.165, 1.54) is 11.0 Å². The minimum Gasteiger partial charge on any atom is -0.465 e. The molecular weight excluding hydrogens is 803 g/mol. The molecule has 352 valence electrons. The summed E-state index contributed by atoms with van der Waals surface area (Å²) in [5, 5.41) is 32.2. The number of aliphatic hydroxyl groups is 1. The number of carboxylic acid groups (broad SMARTS) is 1. The number of Topliss-reactive ketones (excluding diaryl/α,β-unsaturated/α-hetero) is 1. The standard InChI is InChI=1S/C40H68N6O6.C8H9NO2/c1-10-14-19-29(32(48)35(50)41-24-11-2)42-34(49)30-20-18-25-46(30)36(51)33(40(9)21-16-15-17-22-40)44-37(52)43-31(38(5,6)7)27-45(28-47)26-23-39(8,12-3)13-4;10-8(11)9-6-7-4-2-1-3-5-7/h1,11,29-31,33,47H,2,12-28H2,3-9H3,(H,41,50)(H,42,49)(H2,43,44,52);1-5,9H,6H2,(H,10,11). The maximum absolute atomic E-state index is 14.6. The largest absolute Gasteiger partial charge is 0.465 e. The van der Waals surface area contributed by atoms with Crippen molar-refractivity contribution in [3.05, 3.63) is 48.6 Å². The molecule has 15 nitrogen and oxygen atoms in total. The van der Waals surface area contributed by atoms with Crippen molar-refractivity contribution in [1.82, 2.24) is 36.4 Å². The van der Waals surface area contributed by atoms with Gasteiger partial charge < -0.3 is 41.7 Å². The van der Waals surface area contributed by atoms with Crippen molar-refractivity contribution in [2.45, 2.75) is 156 Å². The second-order valence-corrected chi connectivity index (χ2v) is 18.7. The highest BCUT2D eigenvalue weighted by atomic mass is 16.4. The molecule has 7 N–H and O–H groups in total. The lowest BCUT2D eigenvalue weighted by Gasteiger charge is -2.43. The van der Waals surface area contributed by atoms with E-state index in [1.54, 1.807) is 0 Å². The highest BCUT2D eigenvalue weighted by Crippen LogP contribution is 2.40. The summed E-state index contributed by atoms with van der Waals surface area (Å²) in [6.45, 7) is 20.1. The Bertz CT molecular complexity index is 1680. The minimum absolute atomic E-state index is 0.0743. The zero-order chi connectivity index (χ0) is 47.2. The lowest BCUT2D eigenvalue weighted by molar-refractivity contribution is -0.144. The summed E-state index contributed by atoms with van der Waals surface area (Å²) in [6, 6.07) is 5.66. The molecule has 4 unspecified atom stereocenters. The van der Waals surface area contributed by atoms with E-state index in [0.717, 1.165) is 56.9 Å². The van der Waals surface area contributed by atoms with Gasteiger partial charge in [-0.15, -0.1) is 18.9 Å². The molecule has 1 heterocycles. The quantitative estimate of drug-likeness (QED) is 0.0328. The summed E-state index contributed by atoms with van der Waals surface area (Å²) in [6.07, 6.45) is 14.5. The molecule has 0 spiro atoms. The highest BCUT2D eigenvalue weighted by Gasteiger charge is 2.47. The van der Waals surface area contributed by atoms with Crippen molar-refractivity contribution in [1.29, 1.82) is 0 Å². The van der Waals surface area contributed by atoms with Crippen molar-refractivity contribution in [3.8, 4) is 12.3 Å². The zero-order valence-electron chi connectivity index (χ0n) is 39.0. The summed E-state index contributed by atoms with van der Waals surface area (Å²) in [5.41, 5.74) is 0.242. The fourth-order valence-electron chi connectivity index (χ4n) is 7.98. The van der Waals surface area contributed by atoms with E-state index in [9.17, 15) is 33.9 Å². The molecule has 1 saturated carbocycles. The number of carbonyl (C=O) groups is 6. The first kappa shape index (κ1) is 54.2. The fourth-order valence-corrected chi connectivity index (χ4v) is 7.98. The Morgan fingerprint density at radius 1 is 0.984 bits per heavy atom. The van der Waals surface area contributed by atoms with Crippen LogP contribution in [0.5, 0.6) is 0 Å². The number of likely N-dealkylation sites (tertiary alicyclic amines) is 1. The summed E-state index contributed by atoms with van der Waals surface area (Å²) in [5.74, 6) is -0.0805. The van der Waals surface area contributed by atoms with Crippen LogP contribution in [0.15, 0.2) is 43.0 Å². The third-order valence-corrected chi connectivity index (χ3v) is 12.9. The van der Waals surface area contributed by atoms with E-state index in [0.29, 0.717) is 39.0 Å². The molecule has 0 aromatic heterocycles. The van der Waals surface area contributed by atoms with Crippen molar-refractivity contribution in [3.63, 3.8) is 0 Å². The van der Waals surface area contributed by atoms with E-state index in [2.05, 4.69) is 59.9 Å². The number of benzene rings is 1. The van der Waals surface area contributed by atoms with Crippen LogP contribution in [-0.4, -0.2) is 113 Å². The van der Waals surface area contributed by atoms with Crippen LogP contribution in [0.1, 0.15) is 131 Å². The highest BCUT2D eigenvalue weighted by molar-refractivity contribution is 6.38. The second-order valence-electron chi connectivity index (χ2n) is 18.7. The molecular formula is C48H77N7O8. The van der Waals surface area contributed by atoms with Crippen LogP contribution in [0, 0.1) is 28.6 Å². The Hall–Kier alpha value is -4.94. The normalized spacial score (nSPS) is 17.4. The summed E-state index contributed by atoms with van der Waals surface area (Å²) < 4.78 is 0. The maximum Gasteiger partial charge on any atom is 0.404 e. The second kappa shape index (κ2) is 26.6. The van der Waals surface area contributed by atoms with Crippen LogP contribution < -0.4 is 26.6 Å². The summed E-state index contributed by atoms with van der Waals surface area (Å²) in [4.78, 5) is 81.2. The Balaban J connectivity index is 0.00000107. The number of rotatable bonds is 22. The molecule has 2 aliphatic rings. The Kier molecular flexibility index (Phi) is 22.9. The maximum atomic E-state index is 14.6. The van der Waals surface area contributed by atoms with Gasteiger partial charge in [0.05, 0.1) is 12.8 Å². The van der Waals surface area contributed by atoms with Gasteiger partial charge in [-0.3, -0.25) is 24.1 Å². The molecule has 0 bridgehead atoms. The molecule has 6 amide bonds. The third-order valence-electron chi connectivity index (χ3n) is 12.9. The topological polar surface area (TPSA) is 210 Å². The average Bonchev–Trinajstić information content (AvgIpc) is 3.77. The lowest BCUT2D eigenvalue weighted by Crippen LogP contribution is -2.63. The van der Waals surface area contributed by atoms with Gasteiger partial charge in [-0.05, 0) is 60.3 Å². The first-order valence-corrected chi connectivity index (χ1v) is 22.7. The lowest BCUT2D eigenvalue weighted by atomic mass is 9.70. The summed E-state index contributed by atoms with van der Waals surface area (Å²) in [7, 11) is 0. The van der Waals surface area contributed by atoms with E-state index in [1.807, 2.05) is 62.9 Å². The average molecular weight is 880 g/mol. The zero-order valence-corrected chi connectivity index (χ0v) is 39.0. The number of carbonyl (C=O) groups excluding carboxylic acids is 5. The molecule has 1 aliphatic heterocycles. The predicted molar refractivity (Wildman–Crippen MR) is 246 cm³/mol.